The third kappa shape index (κ3) is 15.7. The Kier molecular flexibility index (Phi) is 21.5. The molecule has 30 rings (SSSR count). The number of nitrogens with zero attached hydrogens (tertiary/aromatic N) is 13. The third-order valence-electron chi connectivity index (χ3n) is 28.2. The second-order valence-electron chi connectivity index (χ2n) is 37.2. The second-order valence-corrected chi connectivity index (χ2v) is 37.2. The number of aromatic nitrogens is 13. The van der Waals surface area contributed by atoms with Crippen LogP contribution < -0.4 is 0 Å². The standard InChI is InChI=1S/2C45H28N4O.C44H27N5O/c1-3-13-29(14-4-1)43-46-44(30-15-5-2-6-16-30)48-45(47-43)32-17-11-18-33(27-32)49-38-22-9-7-19-35(38)36-26-25-31(28-39(36)49)34-21-12-24-41-42(34)37-20-8-10-23-40(37)50-41;1-3-12-29(13-4-1)43-46-44(30-14-5-2-6-15-30)48-45(47-43)31-22-25-33(26-23-31)49-38-19-9-7-16-35(38)36-27-24-32(28-39(36)49)34-18-11-21-41-42(34)37-17-8-10-20-40(37)50-41;1-3-12-28(13-4-1)42-46-43(29-14-5-2-6-15-29)48-44(47-42)31-23-25-40(45-27-31)49-36-19-9-7-16-33(36)34-24-22-30(26-37(34)49)32-18-11-21-39-41(32)35-17-8-10-20-38(35)50-39/h2*1-28H;1-27H. The Balaban J connectivity index is 0.000000108. The van der Waals surface area contributed by atoms with Gasteiger partial charge in [-0.25, -0.2) is 49.8 Å². The molecule has 0 fully saturated rings. The molecule has 0 aliphatic carbocycles. The molecule has 30 aromatic rings. The van der Waals surface area contributed by atoms with Gasteiger partial charge in [0.2, 0.25) is 0 Å². The lowest BCUT2D eigenvalue weighted by molar-refractivity contribution is 0.668. The van der Waals surface area contributed by atoms with Gasteiger partial charge in [-0.3, -0.25) is 4.57 Å². The maximum atomic E-state index is 6.25. The van der Waals surface area contributed by atoms with Gasteiger partial charge in [-0.2, -0.15) is 0 Å². The Morgan fingerprint density at radius 1 is 0.147 bits per heavy atom. The molecule has 0 atom stereocenters. The maximum Gasteiger partial charge on any atom is 0.165 e. The van der Waals surface area contributed by atoms with Crippen molar-refractivity contribution < 1.29 is 13.3 Å². The molecule has 0 unspecified atom stereocenters. The van der Waals surface area contributed by atoms with E-state index in [4.69, 9.17) is 63.1 Å². The molecule has 150 heavy (non-hydrogen) atoms. The third-order valence-corrected chi connectivity index (χ3v) is 28.2. The van der Waals surface area contributed by atoms with Crippen LogP contribution in [0.2, 0.25) is 0 Å². The molecule has 0 amide bonds. The van der Waals surface area contributed by atoms with E-state index in [0.717, 1.165) is 205 Å². The van der Waals surface area contributed by atoms with Gasteiger partial charge in [-0.05, 0) is 155 Å². The van der Waals surface area contributed by atoms with Gasteiger partial charge in [0.15, 0.2) is 52.4 Å². The van der Waals surface area contributed by atoms with E-state index < -0.39 is 0 Å². The van der Waals surface area contributed by atoms with E-state index in [1.54, 1.807) is 0 Å². The first-order valence-corrected chi connectivity index (χ1v) is 50.0. The number of hydrogen-bond acceptors (Lipinski definition) is 13. The summed E-state index contributed by atoms with van der Waals surface area (Å²) < 4.78 is 25.7. The monoisotopic (exact) mass is 1920 g/mol. The van der Waals surface area contributed by atoms with E-state index >= 15 is 0 Å². The van der Waals surface area contributed by atoms with Crippen molar-refractivity contribution in [3.8, 4) is 153 Å². The van der Waals surface area contributed by atoms with Crippen molar-refractivity contribution in [2.45, 2.75) is 0 Å². The van der Waals surface area contributed by atoms with Gasteiger partial charge >= 0.3 is 0 Å². The Bertz CT molecular complexity index is 9900. The van der Waals surface area contributed by atoms with Crippen molar-refractivity contribution in [2.24, 2.45) is 0 Å². The summed E-state index contributed by atoms with van der Waals surface area (Å²) >= 11 is 0. The van der Waals surface area contributed by atoms with Crippen LogP contribution in [0.4, 0.5) is 0 Å². The normalized spacial score (nSPS) is 11.6. The van der Waals surface area contributed by atoms with Crippen molar-refractivity contribution in [3.05, 3.63) is 504 Å². The zero-order valence-corrected chi connectivity index (χ0v) is 80.5. The zero-order valence-electron chi connectivity index (χ0n) is 80.5. The molecule has 0 radical (unpaired) electrons. The van der Waals surface area contributed by atoms with Crippen LogP contribution in [-0.4, -0.2) is 63.5 Å². The van der Waals surface area contributed by atoms with E-state index in [1.807, 2.05) is 255 Å². The van der Waals surface area contributed by atoms with Gasteiger partial charge < -0.3 is 22.4 Å². The van der Waals surface area contributed by atoms with E-state index in [9.17, 15) is 0 Å². The molecule has 0 aliphatic heterocycles. The van der Waals surface area contributed by atoms with Crippen LogP contribution in [0.15, 0.2) is 517 Å². The van der Waals surface area contributed by atoms with Crippen molar-refractivity contribution >= 4 is 131 Å². The van der Waals surface area contributed by atoms with Crippen LogP contribution in [0.1, 0.15) is 0 Å². The molecule has 16 heteroatoms. The van der Waals surface area contributed by atoms with Crippen LogP contribution in [0.25, 0.3) is 284 Å². The molecule has 10 aromatic heterocycles. The largest absolute Gasteiger partial charge is 0.456 e. The fourth-order valence-electron chi connectivity index (χ4n) is 21.3. The molecule has 0 saturated heterocycles. The average molecular weight is 1920 g/mol. The van der Waals surface area contributed by atoms with E-state index in [-0.39, 0.29) is 0 Å². The number of fused-ring (bicyclic) bond motifs is 18. The second kappa shape index (κ2) is 37.0. The molecule has 0 saturated carbocycles. The summed E-state index contributed by atoms with van der Waals surface area (Å²) in [5, 5.41) is 13.9. The first kappa shape index (κ1) is 87.2. The van der Waals surface area contributed by atoms with Gasteiger partial charge in [0, 0.05) is 132 Å². The quantitative estimate of drug-likeness (QED) is 0.0946. The summed E-state index contributed by atoms with van der Waals surface area (Å²) in [6, 6.07) is 171. The summed E-state index contributed by atoms with van der Waals surface area (Å²) in [6.07, 6.45) is 1.86. The number of furan rings is 3. The predicted molar refractivity (Wildman–Crippen MR) is 607 cm³/mol. The highest BCUT2D eigenvalue weighted by Gasteiger charge is 2.26. The summed E-state index contributed by atoms with van der Waals surface area (Å²) in [7, 11) is 0. The summed E-state index contributed by atoms with van der Waals surface area (Å²) in [6.45, 7) is 0. The van der Waals surface area contributed by atoms with Gasteiger partial charge in [-0.15, -0.1) is 0 Å². The lowest BCUT2D eigenvalue weighted by atomic mass is 9.98. The Morgan fingerprint density at radius 2 is 0.393 bits per heavy atom. The van der Waals surface area contributed by atoms with E-state index in [1.165, 1.54) is 26.9 Å². The van der Waals surface area contributed by atoms with E-state index in [2.05, 4.69) is 262 Å². The molecular weight excluding hydrogens is 1840 g/mol. The van der Waals surface area contributed by atoms with Crippen molar-refractivity contribution in [1.29, 1.82) is 0 Å². The van der Waals surface area contributed by atoms with Gasteiger partial charge in [0.25, 0.3) is 0 Å². The molecule has 0 aliphatic rings. The lowest BCUT2D eigenvalue weighted by Gasteiger charge is -2.12. The SMILES string of the molecule is c1ccc(-c2nc(-c3ccccc3)nc(-c3ccc(-n4c5ccccc5c5ccc(-c6cccc7oc8ccccc8c67)cc54)cc3)n2)cc1.c1ccc(-c2nc(-c3ccccc3)nc(-c3ccc(-n4c5ccccc5c5ccc(-c6cccc7oc8ccccc8c67)cc54)nc3)n2)cc1.c1ccc(-c2nc(-c3ccccc3)nc(-c3cccc(-n4c5ccccc5c5ccc(-c6cccc7oc8ccccc8c67)cc54)c3)n2)cc1. The lowest BCUT2D eigenvalue weighted by Crippen LogP contribution is -2.01. The Morgan fingerprint density at radius 3 is 0.733 bits per heavy atom. The molecule has 0 spiro atoms. The minimum Gasteiger partial charge on any atom is -0.456 e. The molecule has 702 valence electrons. The van der Waals surface area contributed by atoms with Gasteiger partial charge in [0.05, 0.1) is 33.1 Å². The highest BCUT2D eigenvalue weighted by Crippen LogP contribution is 2.47. The summed E-state index contributed by atoms with van der Waals surface area (Å²) in [5.74, 6) is 6.45. The molecule has 0 N–H and O–H groups in total. The van der Waals surface area contributed by atoms with E-state index in [0.29, 0.717) is 52.4 Å². The molecule has 0 bridgehead atoms. The van der Waals surface area contributed by atoms with Crippen molar-refractivity contribution in [2.75, 3.05) is 0 Å². The molecular formula is C134H83N13O3. The van der Waals surface area contributed by atoms with Gasteiger partial charge in [0.1, 0.15) is 39.3 Å². The fourth-order valence-corrected chi connectivity index (χ4v) is 21.3. The molecule has 16 nitrogen and oxygen atoms in total. The van der Waals surface area contributed by atoms with Crippen molar-refractivity contribution in [3.63, 3.8) is 0 Å². The first-order valence-electron chi connectivity index (χ1n) is 50.0. The first-order chi connectivity index (χ1) is 74.3. The Labute approximate surface area is 858 Å². The summed E-state index contributed by atoms with van der Waals surface area (Å²) in [4.78, 5) is 49.3. The van der Waals surface area contributed by atoms with Crippen LogP contribution in [0, 0.1) is 0 Å². The maximum absolute atomic E-state index is 6.25. The van der Waals surface area contributed by atoms with Gasteiger partial charge in [-0.1, -0.05) is 376 Å². The van der Waals surface area contributed by atoms with Crippen LogP contribution in [0.5, 0.6) is 0 Å². The highest BCUT2D eigenvalue weighted by molar-refractivity contribution is 6.19. The van der Waals surface area contributed by atoms with Crippen LogP contribution >= 0.6 is 0 Å². The summed E-state index contributed by atoms with van der Waals surface area (Å²) in [5.41, 5.74) is 29.2. The predicted octanol–water partition coefficient (Wildman–Crippen LogP) is 34.0. The minimum absolute atomic E-state index is 0.571. The number of hydrogen-bond donors (Lipinski definition) is 0. The number of rotatable bonds is 15. The topological polar surface area (TPSA) is 183 Å². The minimum atomic E-state index is 0.571. The zero-order chi connectivity index (χ0) is 99.1. The average Bonchev–Trinajstić information content (AvgIpc) is 1.58. The van der Waals surface area contributed by atoms with Crippen molar-refractivity contribution in [1.82, 2.24) is 63.5 Å². The number of para-hydroxylation sites is 6. The fraction of sp³-hybridized carbons (Fsp3) is 0. The highest BCUT2D eigenvalue weighted by atomic mass is 16.3. The van der Waals surface area contributed by atoms with Crippen LogP contribution in [0.3, 0.4) is 0 Å². The van der Waals surface area contributed by atoms with Crippen LogP contribution in [-0.2, 0) is 0 Å². The smallest absolute Gasteiger partial charge is 0.165 e. The number of benzene rings is 20. The number of pyridine rings is 1. The molecule has 10 heterocycles. The molecule has 20 aromatic carbocycles. The Hall–Kier alpha value is -20.6.